The number of alkyl halides is 1. The molecule has 0 saturated carbocycles. The Morgan fingerprint density at radius 1 is 1.00 bits per heavy atom. The second kappa shape index (κ2) is 11.0. The van der Waals surface area contributed by atoms with E-state index in [0.29, 0.717) is 0 Å². The van der Waals surface area contributed by atoms with Gasteiger partial charge in [-0.2, -0.15) is 14.3 Å². The van der Waals surface area contributed by atoms with Crippen molar-refractivity contribution in [3.63, 3.8) is 0 Å². The maximum Gasteiger partial charge on any atom is 0.386 e. The van der Waals surface area contributed by atoms with Crippen molar-refractivity contribution in [3.05, 3.63) is 16.0 Å². The van der Waals surface area contributed by atoms with Gasteiger partial charge in [-0.25, -0.2) is 18.5 Å². The van der Waals surface area contributed by atoms with Gasteiger partial charge in [0.25, 0.3) is 5.56 Å². The molecular weight excluding hydrogens is 673 g/mol. The van der Waals surface area contributed by atoms with E-state index in [1.165, 1.54) is 6.21 Å². The molecule has 4 aliphatic heterocycles. The highest BCUT2D eigenvalue weighted by Crippen LogP contribution is 2.60. The zero-order chi connectivity index (χ0) is 31.0. The fraction of sp³-hybridized carbons (Fsp3) is 0.579. The number of nitrogens with zero attached hydrogens (tertiary/aromatic N) is 8. The Morgan fingerprint density at radius 3 is 2.57 bits per heavy atom. The van der Waals surface area contributed by atoms with Gasteiger partial charge < -0.3 is 15.2 Å². The number of anilines is 1. The number of ether oxygens (including phenoxy) is 2. The van der Waals surface area contributed by atoms with E-state index in [1.807, 2.05) is 0 Å². The highest BCUT2D eigenvalue weighted by molar-refractivity contribution is 8.44. The summed E-state index contributed by atoms with van der Waals surface area (Å²) in [7, 11) is 0. The Hall–Kier alpha value is -2.59. The van der Waals surface area contributed by atoms with E-state index in [4.69, 9.17) is 33.3 Å². The molecule has 2 bridgehead atoms. The molecule has 44 heavy (non-hydrogen) atoms. The van der Waals surface area contributed by atoms with Crippen molar-refractivity contribution in [3.8, 4) is 0 Å². The van der Waals surface area contributed by atoms with Crippen molar-refractivity contribution in [2.75, 3.05) is 18.9 Å². The Kier molecular flexibility index (Phi) is 7.55. The topological polar surface area (TPSA) is 252 Å². The van der Waals surface area contributed by atoms with Crippen LogP contribution in [0.25, 0.3) is 11.2 Å². The lowest BCUT2D eigenvalue weighted by Crippen LogP contribution is -2.34. The van der Waals surface area contributed by atoms with Gasteiger partial charge in [-0.05, 0) is 0 Å². The molecule has 0 aromatic carbocycles. The van der Waals surface area contributed by atoms with Crippen LogP contribution >= 0.6 is 38.1 Å². The Labute approximate surface area is 254 Å². The van der Waals surface area contributed by atoms with E-state index >= 15 is 4.39 Å². The van der Waals surface area contributed by atoms with Gasteiger partial charge >= 0.3 is 13.6 Å². The maximum absolute atomic E-state index is 15.9. The van der Waals surface area contributed by atoms with Crippen LogP contribution in [0.1, 0.15) is 35.8 Å². The molecule has 0 aliphatic carbocycles. The molecule has 3 saturated heterocycles. The van der Waals surface area contributed by atoms with Gasteiger partial charge in [-0.1, -0.05) is 34.9 Å². The molecule has 9 atom stereocenters. The lowest BCUT2D eigenvalue weighted by molar-refractivity contribution is -0.0619. The molecule has 7 rings (SSSR count). The molecule has 3 fully saturated rings. The number of halogens is 1. The molecule has 4 aliphatic rings. The summed E-state index contributed by atoms with van der Waals surface area (Å²) in [5.74, 6) is -0.644. The second-order valence-corrected chi connectivity index (χ2v) is 15.7. The number of thiol groups is 2. The minimum absolute atomic E-state index is 0.00157. The number of H-pyrrole nitrogens is 1. The van der Waals surface area contributed by atoms with Crippen molar-refractivity contribution < 1.29 is 45.9 Å². The molecule has 3 aromatic rings. The number of aromatic nitrogens is 8. The third kappa shape index (κ3) is 5.44. The molecule has 2 unspecified atom stereocenters. The van der Waals surface area contributed by atoms with E-state index in [9.17, 15) is 18.7 Å². The molecule has 7 heterocycles. The number of rotatable bonds is 2. The Balaban J connectivity index is 1.18. The first-order valence-electron chi connectivity index (χ1n) is 12.8. The number of Topliss-reactive ketones (excluding diaryl/α,β-unsaturated/α-hetero) is 1. The first-order valence-corrected chi connectivity index (χ1v) is 18.2. The predicted octanol–water partition coefficient (Wildman–Crippen LogP) is 1.09. The van der Waals surface area contributed by atoms with E-state index < -0.39 is 75.4 Å². The fourth-order valence-corrected chi connectivity index (χ4v) is 8.11. The summed E-state index contributed by atoms with van der Waals surface area (Å²) in [5.41, 5.74) is 4.73. The number of hydrogen-bond donors (Lipinski definition) is 4. The molecule has 0 radical (unpaired) electrons. The molecule has 20 nitrogen and oxygen atoms in total. The second-order valence-electron chi connectivity index (χ2n) is 9.94. The number of carbonyl (C=O) groups excluding carboxylic acids is 1. The maximum atomic E-state index is 15.9. The molecule has 3 aromatic heterocycles. The fourth-order valence-electron chi connectivity index (χ4n) is 5.12. The van der Waals surface area contributed by atoms with Crippen molar-refractivity contribution >= 4 is 73.0 Å². The highest BCUT2D eigenvalue weighted by atomic mass is 32.7. The van der Waals surface area contributed by atoms with Gasteiger partial charge in [0, 0.05) is 19.1 Å². The Morgan fingerprint density at radius 2 is 1.75 bits per heavy atom. The van der Waals surface area contributed by atoms with Gasteiger partial charge in [-0.15, -0.1) is 10.2 Å². The summed E-state index contributed by atoms with van der Waals surface area (Å²) >= 11 is 8.07. The van der Waals surface area contributed by atoms with Crippen molar-refractivity contribution in [1.82, 2.24) is 40.0 Å². The van der Waals surface area contributed by atoms with Crippen LogP contribution in [0.15, 0.2) is 9.79 Å². The first kappa shape index (κ1) is 30.1. The summed E-state index contributed by atoms with van der Waals surface area (Å²) in [6, 6.07) is 0. The predicted molar refractivity (Wildman–Crippen MR) is 150 cm³/mol. The average Bonchev–Trinajstić information content (AvgIpc) is 3.72. The monoisotopic (exact) mass is 694 g/mol. The van der Waals surface area contributed by atoms with Crippen LogP contribution in [-0.2, 0) is 36.7 Å². The molecule has 25 heteroatoms. The van der Waals surface area contributed by atoms with E-state index in [1.54, 1.807) is 0 Å². The minimum atomic E-state index is -4.32. The van der Waals surface area contributed by atoms with Gasteiger partial charge in [0.15, 0.2) is 47.1 Å². The number of nitrogen functional groups attached to an aromatic ring is 1. The normalized spacial score (nSPS) is 37.7. The SMILES string of the molecule is Nc1nc2c(nnn2[C@@H]2O[C@@H]3COP(=O)(S)O[C@H]4[C@H](F)[C@H](n5nnc6c5N=CCC6=O)O[C@@H]4COP(=O)(S)O[C@@H]2C3)c(=O)[nH]1. The van der Waals surface area contributed by atoms with Crippen molar-refractivity contribution in [2.45, 2.75) is 55.9 Å². The van der Waals surface area contributed by atoms with E-state index in [0.717, 1.165) is 9.36 Å². The number of carbonyl (C=O) groups is 1. The van der Waals surface area contributed by atoms with Crippen LogP contribution in [0.5, 0.6) is 0 Å². The number of hydrogen-bond acceptors (Lipinski definition) is 17. The third-order valence-corrected chi connectivity index (χ3v) is 10.3. The van der Waals surface area contributed by atoms with Crippen LogP contribution in [0.3, 0.4) is 0 Å². The molecule has 0 spiro atoms. The summed E-state index contributed by atoms with van der Waals surface area (Å²) < 4.78 is 78.5. The number of nitrogens with one attached hydrogen (secondary N) is 1. The van der Waals surface area contributed by atoms with Crippen LogP contribution in [0.4, 0.5) is 16.2 Å². The lowest BCUT2D eigenvalue weighted by atomic mass is 10.1. The van der Waals surface area contributed by atoms with E-state index in [2.05, 4.69) is 60.1 Å². The molecule has 0 amide bonds. The van der Waals surface area contributed by atoms with Crippen molar-refractivity contribution in [2.24, 2.45) is 4.99 Å². The largest absolute Gasteiger partial charge is 0.386 e. The van der Waals surface area contributed by atoms with Gasteiger partial charge in [0.1, 0.15) is 18.3 Å². The van der Waals surface area contributed by atoms with Gasteiger partial charge in [0.05, 0.1) is 19.3 Å². The highest BCUT2D eigenvalue weighted by Gasteiger charge is 2.53. The Bertz CT molecular complexity index is 1840. The summed E-state index contributed by atoms with van der Waals surface area (Å²) in [4.78, 5) is 34.8. The van der Waals surface area contributed by atoms with E-state index in [-0.39, 0.29) is 47.2 Å². The van der Waals surface area contributed by atoms with Crippen LogP contribution in [0, 0.1) is 0 Å². The zero-order valence-electron chi connectivity index (χ0n) is 21.9. The molecule has 236 valence electrons. The quantitative estimate of drug-likeness (QED) is 0.216. The first-order chi connectivity index (χ1) is 20.9. The summed E-state index contributed by atoms with van der Waals surface area (Å²) in [5, 5.41) is 15.3. The standard InChI is InChI=1S/C19H21FN10O10P2S2/c20-10-13-9(38-18(10)29-14-11(25-27-29)7(31)1-2-22-14)5-36-41(33,43)39-8-3-6(4-35-42(34,44)40-13)37-17(8)30-15-12(26-28-30)16(32)24-19(21)23-15/h2,6,8-10,13,17-18H,1,3-5H2,(H,33,43)(H,34,44)(H3,21,23,24,32)/t6-,8+,9+,10-,13+,17+,18+,41?,42?/m0/s1. The minimum Gasteiger partial charge on any atom is -0.369 e. The number of aromatic amines is 1. The number of ketones is 1. The van der Waals surface area contributed by atoms with Crippen LogP contribution in [0.2, 0.25) is 0 Å². The number of aliphatic imine (C=N–C) groups is 1. The van der Waals surface area contributed by atoms with Gasteiger partial charge in [0.2, 0.25) is 5.95 Å². The number of fused-ring (bicyclic) bond motifs is 5. The van der Waals surface area contributed by atoms with Crippen LogP contribution in [-0.4, -0.2) is 95.8 Å². The number of nitrogens with two attached hydrogens (primary N) is 1. The summed E-state index contributed by atoms with van der Waals surface area (Å²) in [6.07, 6.45) is -8.61. The third-order valence-electron chi connectivity index (χ3n) is 7.02. The molecular formula is C19H21FN10O10P2S2. The van der Waals surface area contributed by atoms with Crippen LogP contribution < -0.4 is 11.3 Å². The summed E-state index contributed by atoms with van der Waals surface area (Å²) in [6.45, 7) is -9.65. The van der Waals surface area contributed by atoms with Gasteiger partial charge in [-0.3, -0.25) is 32.7 Å². The zero-order valence-corrected chi connectivity index (χ0v) is 25.4. The van der Waals surface area contributed by atoms with Crippen molar-refractivity contribution in [1.29, 1.82) is 0 Å². The molecule has 3 N–H and O–H groups in total. The lowest BCUT2D eigenvalue weighted by Gasteiger charge is -2.25. The average molecular weight is 695 g/mol. The smallest absolute Gasteiger partial charge is 0.369 e.